The minimum absolute atomic E-state index is 0.640. The molecular formula is C18H28N2. The molecule has 2 saturated carbocycles. The SMILES string of the molecule is CC1CC(C)CC(N(c2ccc(CN)cc2)C2CC2)C1. The van der Waals surface area contributed by atoms with E-state index in [2.05, 4.69) is 43.0 Å². The van der Waals surface area contributed by atoms with Crippen LogP contribution in [0.4, 0.5) is 5.69 Å². The molecule has 0 heterocycles. The van der Waals surface area contributed by atoms with Gasteiger partial charge in [-0.05, 0) is 61.6 Å². The second kappa shape index (κ2) is 5.77. The second-order valence-electron chi connectivity index (χ2n) is 7.08. The Morgan fingerprint density at radius 1 is 0.950 bits per heavy atom. The van der Waals surface area contributed by atoms with Crippen molar-refractivity contribution >= 4 is 5.69 Å². The third-order valence-corrected chi connectivity index (χ3v) is 4.96. The lowest BCUT2D eigenvalue weighted by Gasteiger charge is -2.41. The number of hydrogen-bond donors (Lipinski definition) is 1. The molecule has 0 saturated heterocycles. The number of rotatable bonds is 4. The average molecular weight is 272 g/mol. The van der Waals surface area contributed by atoms with Gasteiger partial charge >= 0.3 is 0 Å². The van der Waals surface area contributed by atoms with Crippen molar-refractivity contribution in [2.75, 3.05) is 4.90 Å². The minimum atomic E-state index is 0.640. The Labute approximate surface area is 123 Å². The maximum Gasteiger partial charge on any atom is 0.0371 e. The van der Waals surface area contributed by atoms with E-state index in [0.29, 0.717) is 6.54 Å². The van der Waals surface area contributed by atoms with Crippen LogP contribution in [-0.4, -0.2) is 12.1 Å². The lowest BCUT2D eigenvalue weighted by Crippen LogP contribution is -2.42. The molecule has 2 unspecified atom stereocenters. The first-order chi connectivity index (χ1) is 9.67. The molecular weight excluding hydrogens is 244 g/mol. The summed E-state index contributed by atoms with van der Waals surface area (Å²) < 4.78 is 0. The van der Waals surface area contributed by atoms with E-state index in [1.54, 1.807) is 0 Å². The first kappa shape index (κ1) is 13.9. The van der Waals surface area contributed by atoms with Crippen LogP contribution in [-0.2, 0) is 6.54 Å². The summed E-state index contributed by atoms with van der Waals surface area (Å²) in [7, 11) is 0. The summed E-state index contributed by atoms with van der Waals surface area (Å²) in [5, 5.41) is 0. The molecule has 2 fully saturated rings. The molecule has 1 aromatic carbocycles. The van der Waals surface area contributed by atoms with Crippen molar-refractivity contribution in [3.05, 3.63) is 29.8 Å². The molecule has 0 radical (unpaired) electrons. The van der Waals surface area contributed by atoms with Crippen LogP contribution in [0.3, 0.4) is 0 Å². The fourth-order valence-electron chi connectivity index (χ4n) is 4.01. The van der Waals surface area contributed by atoms with Crippen molar-refractivity contribution in [3.8, 4) is 0 Å². The third kappa shape index (κ3) is 3.01. The molecule has 2 nitrogen and oxygen atoms in total. The lowest BCUT2D eigenvalue weighted by molar-refractivity contribution is 0.258. The number of nitrogens with two attached hydrogens (primary N) is 1. The third-order valence-electron chi connectivity index (χ3n) is 4.96. The summed E-state index contributed by atoms with van der Waals surface area (Å²) in [4.78, 5) is 2.73. The standard InChI is InChI=1S/C18H28N2/c1-13-9-14(2)11-18(10-13)20(17-7-8-17)16-5-3-15(12-19)4-6-16/h3-6,13-14,17-18H,7-12,19H2,1-2H3. The molecule has 2 aliphatic rings. The van der Waals surface area contributed by atoms with Gasteiger partial charge in [-0.1, -0.05) is 26.0 Å². The zero-order valence-electron chi connectivity index (χ0n) is 12.9. The van der Waals surface area contributed by atoms with Gasteiger partial charge < -0.3 is 10.6 Å². The first-order valence-electron chi connectivity index (χ1n) is 8.24. The van der Waals surface area contributed by atoms with Crippen molar-refractivity contribution in [3.63, 3.8) is 0 Å². The monoisotopic (exact) mass is 272 g/mol. The van der Waals surface area contributed by atoms with Gasteiger partial charge in [-0.2, -0.15) is 0 Å². The number of benzene rings is 1. The Bertz CT molecular complexity index is 425. The topological polar surface area (TPSA) is 29.3 Å². The number of hydrogen-bond acceptors (Lipinski definition) is 2. The fourth-order valence-corrected chi connectivity index (χ4v) is 4.01. The molecule has 2 heteroatoms. The van der Waals surface area contributed by atoms with Crippen LogP contribution in [0.25, 0.3) is 0 Å². The Morgan fingerprint density at radius 2 is 1.55 bits per heavy atom. The number of nitrogens with zero attached hydrogens (tertiary/aromatic N) is 1. The average Bonchev–Trinajstić information content (AvgIpc) is 3.23. The zero-order valence-corrected chi connectivity index (χ0v) is 12.9. The van der Waals surface area contributed by atoms with Gasteiger partial charge in [0, 0.05) is 24.3 Å². The Balaban J connectivity index is 1.80. The van der Waals surface area contributed by atoms with Gasteiger partial charge in [0.15, 0.2) is 0 Å². The van der Waals surface area contributed by atoms with Crippen LogP contribution in [0.2, 0.25) is 0 Å². The van der Waals surface area contributed by atoms with E-state index in [0.717, 1.165) is 23.9 Å². The van der Waals surface area contributed by atoms with Crippen molar-refractivity contribution in [1.82, 2.24) is 0 Å². The predicted octanol–water partition coefficient (Wildman–Crippen LogP) is 3.94. The van der Waals surface area contributed by atoms with Gasteiger partial charge in [0.1, 0.15) is 0 Å². The van der Waals surface area contributed by atoms with Crippen molar-refractivity contribution in [2.24, 2.45) is 17.6 Å². The van der Waals surface area contributed by atoms with E-state index in [1.807, 2.05) is 0 Å². The van der Waals surface area contributed by atoms with Crippen LogP contribution in [0.5, 0.6) is 0 Å². The van der Waals surface area contributed by atoms with Gasteiger partial charge in [0.05, 0.1) is 0 Å². The smallest absolute Gasteiger partial charge is 0.0371 e. The van der Waals surface area contributed by atoms with E-state index < -0.39 is 0 Å². The molecule has 2 aliphatic carbocycles. The number of anilines is 1. The molecule has 0 aromatic heterocycles. The van der Waals surface area contributed by atoms with Crippen LogP contribution >= 0.6 is 0 Å². The first-order valence-corrected chi connectivity index (χ1v) is 8.24. The molecule has 2 N–H and O–H groups in total. The molecule has 20 heavy (non-hydrogen) atoms. The van der Waals surface area contributed by atoms with Crippen LogP contribution in [0, 0.1) is 11.8 Å². The molecule has 110 valence electrons. The van der Waals surface area contributed by atoms with Crippen molar-refractivity contribution < 1.29 is 0 Å². The van der Waals surface area contributed by atoms with Gasteiger partial charge in [0.25, 0.3) is 0 Å². The van der Waals surface area contributed by atoms with E-state index in [4.69, 9.17) is 5.73 Å². The molecule has 2 atom stereocenters. The molecule has 0 bridgehead atoms. The maximum atomic E-state index is 5.71. The zero-order chi connectivity index (χ0) is 14.1. The molecule has 3 rings (SSSR count). The van der Waals surface area contributed by atoms with E-state index >= 15 is 0 Å². The van der Waals surface area contributed by atoms with E-state index in [-0.39, 0.29) is 0 Å². The molecule has 0 spiro atoms. The fraction of sp³-hybridized carbons (Fsp3) is 0.667. The Morgan fingerprint density at radius 3 is 2.05 bits per heavy atom. The van der Waals surface area contributed by atoms with Gasteiger partial charge in [-0.25, -0.2) is 0 Å². The second-order valence-corrected chi connectivity index (χ2v) is 7.08. The normalized spacial score (nSPS) is 30.2. The minimum Gasteiger partial charge on any atom is -0.366 e. The summed E-state index contributed by atoms with van der Waals surface area (Å²) >= 11 is 0. The highest BCUT2D eigenvalue weighted by Crippen LogP contribution is 2.40. The Hall–Kier alpha value is -1.02. The van der Waals surface area contributed by atoms with Crippen LogP contribution < -0.4 is 10.6 Å². The van der Waals surface area contributed by atoms with Gasteiger partial charge in [0.2, 0.25) is 0 Å². The van der Waals surface area contributed by atoms with Gasteiger partial charge in [-0.15, -0.1) is 0 Å². The van der Waals surface area contributed by atoms with Crippen molar-refractivity contribution in [1.29, 1.82) is 0 Å². The quantitative estimate of drug-likeness (QED) is 0.899. The molecule has 0 aliphatic heterocycles. The highest BCUT2D eigenvalue weighted by atomic mass is 15.2. The van der Waals surface area contributed by atoms with Crippen LogP contribution in [0.1, 0.15) is 51.5 Å². The Kier molecular flexibility index (Phi) is 4.02. The van der Waals surface area contributed by atoms with E-state index in [9.17, 15) is 0 Å². The summed E-state index contributed by atoms with van der Waals surface area (Å²) in [6, 6.07) is 10.5. The summed E-state index contributed by atoms with van der Waals surface area (Å²) in [5.74, 6) is 1.74. The van der Waals surface area contributed by atoms with Gasteiger partial charge in [-0.3, -0.25) is 0 Å². The molecule has 0 amide bonds. The maximum absolute atomic E-state index is 5.71. The predicted molar refractivity (Wildman–Crippen MR) is 85.8 cm³/mol. The highest BCUT2D eigenvalue weighted by Gasteiger charge is 2.37. The van der Waals surface area contributed by atoms with Crippen molar-refractivity contribution in [2.45, 2.75) is 64.6 Å². The molecule has 1 aromatic rings. The largest absolute Gasteiger partial charge is 0.366 e. The highest BCUT2D eigenvalue weighted by molar-refractivity contribution is 5.51. The lowest BCUT2D eigenvalue weighted by atomic mass is 9.79. The summed E-state index contributed by atoms with van der Waals surface area (Å²) in [6.45, 7) is 5.48. The summed E-state index contributed by atoms with van der Waals surface area (Å²) in [6.07, 6.45) is 6.87. The van der Waals surface area contributed by atoms with E-state index in [1.165, 1.54) is 43.4 Å². The summed E-state index contributed by atoms with van der Waals surface area (Å²) in [5.41, 5.74) is 8.36. The van der Waals surface area contributed by atoms with Crippen LogP contribution in [0.15, 0.2) is 24.3 Å².